The van der Waals surface area contributed by atoms with E-state index >= 15 is 0 Å². The third-order valence-corrected chi connectivity index (χ3v) is 5.14. The molecule has 0 nitrogen and oxygen atoms in total. The predicted octanol–water partition coefficient (Wildman–Crippen LogP) is 10.2. The van der Waals surface area contributed by atoms with Gasteiger partial charge in [0.25, 0.3) is 0 Å². The first kappa shape index (κ1) is 30.1. The molecule has 0 aromatic rings. The molecule has 33 heavy (non-hydrogen) atoms. The van der Waals surface area contributed by atoms with Gasteiger partial charge in [-0.05, 0) is 53.9 Å². The van der Waals surface area contributed by atoms with Crippen molar-refractivity contribution in [3.05, 3.63) is 121 Å². The average Bonchev–Trinajstić information content (AvgIpc) is 2.80. The lowest BCUT2D eigenvalue weighted by Gasteiger charge is -2.16. The van der Waals surface area contributed by atoms with Crippen LogP contribution in [0.3, 0.4) is 0 Å². The van der Waals surface area contributed by atoms with Gasteiger partial charge in [-0.1, -0.05) is 91.0 Å². The molecule has 0 aliphatic heterocycles. The Morgan fingerprint density at radius 2 is 1.15 bits per heavy atom. The Morgan fingerprint density at radius 3 is 1.58 bits per heavy atom. The van der Waals surface area contributed by atoms with Gasteiger partial charge in [0.1, 0.15) is 0 Å². The zero-order chi connectivity index (χ0) is 25.9. The molecular weight excluding hydrogens is 424 g/mol. The van der Waals surface area contributed by atoms with Gasteiger partial charge in [-0.25, -0.2) is 17.6 Å². The van der Waals surface area contributed by atoms with Gasteiger partial charge >= 0.3 is 0 Å². The zero-order valence-electron chi connectivity index (χ0n) is 20.3. The van der Waals surface area contributed by atoms with E-state index in [1.54, 1.807) is 26.0 Å². The second kappa shape index (κ2) is 14.3. The van der Waals surface area contributed by atoms with E-state index in [1.807, 2.05) is 0 Å². The highest BCUT2D eigenvalue weighted by Crippen LogP contribution is 2.32. The van der Waals surface area contributed by atoms with Crippen LogP contribution in [-0.4, -0.2) is 0 Å². The lowest BCUT2D eigenvalue weighted by molar-refractivity contribution is 0.468. The van der Waals surface area contributed by atoms with E-state index in [9.17, 15) is 17.6 Å². The fourth-order valence-electron chi connectivity index (χ4n) is 2.57. The highest BCUT2D eigenvalue weighted by atomic mass is 19.2. The second-order valence-corrected chi connectivity index (χ2v) is 8.37. The fourth-order valence-corrected chi connectivity index (χ4v) is 2.57. The van der Waals surface area contributed by atoms with Gasteiger partial charge in [-0.2, -0.15) is 0 Å². The van der Waals surface area contributed by atoms with Crippen LogP contribution in [0.15, 0.2) is 121 Å². The first-order valence-corrected chi connectivity index (χ1v) is 10.8. The summed E-state index contributed by atoms with van der Waals surface area (Å²) in [4.78, 5) is 0. The number of hydrogen-bond acceptors (Lipinski definition) is 0. The Kier molecular flexibility index (Phi) is 13.1. The normalized spacial score (nSPS) is 14.2. The van der Waals surface area contributed by atoms with Crippen molar-refractivity contribution >= 4 is 0 Å². The molecule has 0 fully saturated rings. The molecule has 0 aliphatic rings. The van der Waals surface area contributed by atoms with Crippen LogP contribution < -0.4 is 0 Å². The zero-order valence-corrected chi connectivity index (χ0v) is 20.3. The van der Waals surface area contributed by atoms with Crippen LogP contribution in [0.2, 0.25) is 0 Å². The highest BCUT2D eigenvalue weighted by molar-refractivity contribution is 5.54. The molecule has 0 amide bonds. The van der Waals surface area contributed by atoms with Gasteiger partial charge in [-0.3, -0.25) is 0 Å². The van der Waals surface area contributed by atoms with Crippen LogP contribution in [0.1, 0.15) is 47.0 Å². The molecule has 1 unspecified atom stereocenters. The number of hydrogen-bond donors (Lipinski definition) is 0. The van der Waals surface area contributed by atoms with Crippen molar-refractivity contribution in [2.75, 3.05) is 0 Å². The van der Waals surface area contributed by atoms with Crippen LogP contribution in [-0.2, 0) is 0 Å². The third kappa shape index (κ3) is 9.65. The van der Waals surface area contributed by atoms with Crippen LogP contribution in [0.4, 0.5) is 17.6 Å². The standard InChI is InChI=1S/C29H36F4/c1-11-12-13-22(7)26(30)27(31)23(8)20(5)16-17-21(6)25(10)29(33)28(32)24(9)19(4)15-14-18(2)3/h11-12,16-19H,5-10,13-15H2,1-4H3/b12-11-,17-16-,27-26-,29-28-. The smallest absolute Gasteiger partial charge is 0.166 e. The van der Waals surface area contributed by atoms with Gasteiger partial charge in [-0.15, -0.1) is 0 Å². The molecule has 0 saturated carbocycles. The van der Waals surface area contributed by atoms with E-state index in [-0.39, 0.29) is 45.8 Å². The Bertz CT molecular complexity index is 933. The summed E-state index contributed by atoms with van der Waals surface area (Å²) in [6.07, 6.45) is 7.61. The summed E-state index contributed by atoms with van der Waals surface area (Å²) < 4.78 is 57.8. The van der Waals surface area contributed by atoms with Gasteiger partial charge in [0.2, 0.25) is 0 Å². The minimum absolute atomic E-state index is 0.0343. The van der Waals surface area contributed by atoms with Crippen molar-refractivity contribution in [2.45, 2.75) is 47.0 Å². The van der Waals surface area contributed by atoms with Gasteiger partial charge in [0, 0.05) is 11.1 Å². The van der Waals surface area contributed by atoms with Crippen molar-refractivity contribution in [1.82, 2.24) is 0 Å². The number of allylic oxidation sites excluding steroid dienone is 14. The van der Waals surface area contributed by atoms with Crippen molar-refractivity contribution in [3.63, 3.8) is 0 Å². The molecule has 0 aromatic carbocycles. The Hall–Kier alpha value is -2.88. The maximum Gasteiger partial charge on any atom is 0.166 e. The summed E-state index contributed by atoms with van der Waals surface area (Å²) >= 11 is 0. The lowest BCUT2D eigenvalue weighted by atomic mass is 9.92. The van der Waals surface area contributed by atoms with Gasteiger partial charge in [0.15, 0.2) is 23.3 Å². The maximum atomic E-state index is 14.6. The summed E-state index contributed by atoms with van der Waals surface area (Å²) in [7, 11) is 0. The van der Waals surface area contributed by atoms with E-state index in [2.05, 4.69) is 53.3 Å². The molecule has 180 valence electrons. The summed E-state index contributed by atoms with van der Waals surface area (Å²) in [5.41, 5.74) is -0.468. The van der Waals surface area contributed by atoms with E-state index in [4.69, 9.17) is 0 Å². The fraction of sp³-hybridized carbons (Fsp3) is 0.310. The second-order valence-electron chi connectivity index (χ2n) is 8.37. The minimum Gasteiger partial charge on any atom is -0.203 e. The van der Waals surface area contributed by atoms with Crippen LogP contribution in [0.5, 0.6) is 0 Å². The summed E-state index contributed by atoms with van der Waals surface area (Å²) in [6.45, 7) is 29.2. The van der Waals surface area contributed by atoms with Crippen LogP contribution in [0, 0.1) is 11.8 Å². The van der Waals surface area contributed by atoms with Crippen LogP contribution in [0.25, 0.3) is 0 Å². The number of halogens is 4. The SMILES string of the molecule is C=C(/C=C\C(=C)C(=C)/C(F)=C(/F)C(=C)C(C)CCC(C)C)C(=C)/C(F)=C(/F)C(=C)C/C=C\C. The van der Waals surface area contributed by atoms with Crippen molar-refractivity contribution < 1.29 is 17.6 Å². The minimum atomic E-state index is -1.19. The van der Waals surface area contributed by atoms with Gasteiger partial charge in [0.05, 0.1) is 0 Å². The lowest BCUT2D eigenvalue weighted by Crippen LogP contribution is -2.03. The Labute approximate surface area is 197 Å². The van der Waals surface area contributed by atoms with Gasteiger partial charge < -0.3 is 0 Å². The average molecular weight is 461 g/mol. The number of rotatable bonds is 14. The van der Waals surface area contributed by atoms with Crippen molar-refractivity contribution in [1.29, 1.82) is 0 Å². The first-order chi connectivity index (χ1) is 15.3. The molecule has 4 heteroatoms. The van der Waals surface area contributed by atoms with Crippen LogP contribution >= 0.6 is 0 Å². The largest absolute Gasteiger partial charge is 0.203 e. The van der Waals surface area contributed by atoms with E-state index < -0.39 is 23.3 Å². The topological polar surface area (TPSA) is 0 Å². The first-order valence-electron chi connectivity index (χ1n) is 10.8. The molecule has 0 aromatic heterocycles. The highest BCUT2D eigenvalue weighted by Gasteiger charge is 2.19. The molecule has 0 bridgehead atoms. The molecule has 1 atom stereocenters. The van der Waals surface area contributed by atoms with Crippen molar-refractivity contribution in [2.24, 2.45) is 11.8 Å². The predicted molar refractivity (Wildman–Crippen MR) is 135 cm³/mol. The molecule has 0 spiro atoms. The van der Waals surface area contributed by atoms with E-state index in [0.717, 1.165) is 6.42 Å². The quantitative estimate of drug-likeness (QED) is 0.137. The molecule has 0 saturated heterocycles. The monoisotopic (exact) mass is 460 g/mol. The third-order valence-electron chi connectivity index (χ3n) is 5.14. The van der Waals surface area contributed by atoms with E-state index in [0.29, 0.717) is 12.3 Å². The maximum absolute atomic E-state index is 14.6. The summed E-state index contributed by atoms with van der Waals surface area (Å²) in [6, 6.07) is 0. The summed E-state index contributed by atoms with van der Waals surface area (Å²) in [5, 5.41) is 0. The molecular formula is C29H36F4. The Morgan fingerprint density at radius 1 is 0.697 bits per heavy atom. The molecule has 0 aliphatic carbocycles. The summed E-state index contributed by atoms with van der Waals surface area (Å²) in [5.74, 6) is -4.31. The molecule has 0 rings (SSSR count). The molecule has 0 heterocycles. The molecule has 0 radical (unpaired) electrons. The molecule has 0 N–H and O–H groups in total. The van der Waals surface area contributed by atoms with Crippen molar-refractivity contribution in [3.8, 4) is 0 Å². The van der Waals surface area contributed by atoms with E-state index in [1.165, 1.54) is 12.2 Å². The Balaban J connectivity index is 5.38.